The molecule has 0 aromatic heterocycles. The minimum atomic E-state index is -0.230. The van der Waals surface area contributed by atoms with Gasteiger partial charge in [-0.05, 0) is 49.6 Å². The highest BCUT2D eigenvalue weighted by Crippen LogP contribution is 2.09. The lowest BCUT2D eigenvalue weighted by molar-refractivity contribution is 0.0657. The largest absolute Gasteiger partial charge is 0.374 e. The second kappa shape index (κ2) is 10.6. The summed E-state index contributed by atoms with van der Waals surface area (Å²) in [6, 6.07) is 14.8. The minimum Gasteiger partial charge on any atom is -0.374 e. The van der Waals surface area contributed by atoms with Crippen LogP contribution in [0.2, 0.25) is 0 Å². The molecular weight excluding hydrogens is 329 g/mol. The highest BCUT2D eigenvalue weighted by molar-refractivity contribution is 5.79. The number of halogens is 1. The van der Waals surface area contributed by atoms with Crippen LogP contribution in [0.15, 0.2) is 53.5 Å². The van der Waals surface area contributed by atoms with Crippen LogP contribution in [0, 0.1) is 5.82 Å². The SMILES string of the molecule is CCNC(=NCc1cccc(COC(C)C)c1)NCc1cccc(F)c1. The third-order valence-electron chi connectivity index (χ3n) is 3.69. The Hall–Kier alpha value is -2.40. The van der Waals surface area contributed by atoms with E-state index < -0.39 is 0 Å². The van der Waals surface area contributed by atoms with Crippen LogP contribution in [0.3, 0.4) is 0 Å². The Balaban J connectivity index is 1.96. The molecule has 2 aromatic carbocycles. The van der Waals surface area contributed by atoms with E-state index in [1.807, 2.05) is 32.9 Å². The van der Waals surface area contributed by atoms with E-state index in [0.29, 0.717) is 25.7 Å². The van der Waals surface area contributed by atoms with Crippen molar-refractivity contribution in [1.29, 1.82) is 0 Å². The van der Waals surface area contributed by atoms with Gasteiger partial charge in [0.25, 0.3) is 0 Å². The zero-order valence-corrected chi connectivity index (χ0v) is 15.8. The summed E-state index contributed by atoms with van der Waals surface area (Å²) >= 11 is 0. The van der Waals surface area contributed by atoms with Crippen LogP contribution in [0.4, 0.5) is 4.39 Å². The maximum absolute atomic E-state index is 13.3. The zero-order chi connectivity index (χ0) is 18.8. The summed E-state index contributed by atoms with van der Waals surface area (Å²) in [5, 5.41) is 6.45. The number of guanidine groups is 1. The first-order valence-electron chi connectivity index (χ1n) is 9.03. The quantitative estimate of drug-likeness (QED) is 0.554. The van der Waals surface area contributed by atoms with Gasteiger partial charge < -0.3 is 15.4 Å². The summed E-state index contributed by atoms with van der Waals surface area (Å²) < 4.78 is 18.9. The van der Waals surface area contributed by atoms with Crippen LogP contribution in [-0.2, 0) is 24.4 Å². The Bertz CT molecular complexity index is 716. The van der Waals surface area contributed by atoms with Crippen LogP contribution in [-0.4, -0.2) is 18.6 Å². The molecule has 140 valence electrons. The monoisotopic (exact) mass is 357 g/mol. The van der Waals surface area contributed by atoms with Gasteiger partial charge in [-0.1, -0.05) is 36.4 Å². The predicted octanol–water partition coefficient (Wildman–Crippen LogP) is 4.01. The minimum absolute atomic E-state index is 0.212. The number of benzene rings is 2. The molecule has 0 saturated carbocycles. The lowest BCUT2D eigenvalue weighted by Gasteiger charge is -2.12. The van der Waals surface area contributed by atoms with Gasteiger partial charge in [-0.25, -0.2) is 9.38 Å². The number of hydrogen-bond acceptors (Lipinski definition) is 2. The van der Waals surface area contributed by atoms with Gasteiger partial charge in [0.15, 0.2) is 5.96 Å². The van der Waals surface area contributed by atoms with E-state index >= 15 is 0 Å². The maximum atomic E-state index is 13.3. The van der Waals surface area contributed by atoms with Gasteiger partial charge in [-0.2, -0.15) is 0 Å². The molecule has 0 aliphatic carbocycles. The molecule has 0 bridgehead atoms. The normalized spacial score (nSPS) is 11.7. The topological polar surface area (TPSA) is 45.7 Å². The fourth-order valence-electron chi connectivity index (χ4n) is 2.43. The number of hydrogen-bond donors (Lipinski definition) is 2. The summed E-state index contributed by atoms with van der Waals surface area (Å²) in [5.41, 5.74) is 3.14. The number of nitrogens with zero attached hydrogens (tertiary/aromatic N) is 1. The van der Waals surface area contributed by atoms with Crippen molar-refractivity contribution in [3.05, 3.63) is 71.0 Å². The molecule has 0 fully saturated rings. The molecule has 2 N–H and O–H groups in total. The van der Waals surface area contributed by atoms with Crippen LogP contribution < -0.4 is 10.6 Å². The first-order chi connectivity index (χ1) is 12.6. The van der Waals surface area contributed by atoms with Crippen LogP contribution in [0.1, 0.15) is 37.5 Å². The number of aliphatic imine (C=N–C) groups is 1. The Labute approximate surface area is 155 Å². The van der Waals surface area contributed by atoms with Gasteiger partial charge in [-0.3, -0.25) is 0 Å². The van der Waals surface area contributed by atoms with E-state index in [1.54, 1.807) is 6.07 Å². The summed E-state index contributed by atoms with van der Waals surface area (Å²) in [6.45, 7) is 8.52. The van der Waals surface area contributed by atoms with Crippen molar-refractivity contribution in [2.75, 3.05) is 6.54 Å². The van der Waals surface area contributed by atoms with E-state index in [1.165, 1.54) is 12.1 Å². The van der Waals surface area contributed by atoms with E-state index in [4.69, 9.17) is 4.74 Å². The average molecular weight is 357 g/mol. The second-order valence-electron chi connectivity index (χ2n) is 6.36. The zero-order valence-electron chi connectivity index (χ0n) is 15.8. The summed E-state index contributed by atoms with van der Waals surface area (Å²) in [4.78, 5) is 4.62. The molecule has 0 atom stereocenters. The molecule has 0 saturated heterocycles. The predicted molar refractivity (Wildman–Crippen MR) is 104 cm³/mol. The van der Waals surface area contributed by atoms with Gasteiger partial charge in [0.05, 0.1) is 19.3 Å². The van der Waals surface area contributed by atoms with Crippen LogP contribution in [0.25, 0.3) is 0 Å². The molecule has 0 spiro atoms. The number of ether oxygens (including phenoxy) is 1. The van der Waals surface area contributed by atoms with Crippen molar-refractivity contribution < 1.29 is 9.13 Å². The Kier molecular flexibility index (Phi) is 8.09. The van der Waals surface area contributed by atoms with E-state index in [2.05, 4.69) is 33.8 Å². The fourth-order valence-corrected chi connectivity index (χ4v) is 2.43. The Morgan fingerprint density at radius 2 is 1.77 bits per heavy atom. The number of nitrogens with one attached hydrogen (secondary N) is 2. The molecule has 0 heterocycles. The van der Waals surface area contributed by atoms with Crippen molar-refractivity contribution in [3.8, 4) is 0 Å². The molecule has 0 aliphatic rings. The van der Waals surface area contributed by atoms with Gasteiger partial charge in [0.1, 0.15) is 5.82 Å². The average Bonchev–Trinajstić information content (AvgIpc) is 2.63. The highest BCUT2D eigenvalue weighted by Gasteiger charge is 2.01. The lowest BCUT2D eigenvalue weighted by atomic mass is 10.1. The van der Waals surface area contributed by atoms with Crippen LogP contribution in [0.5, 0.6) is 0 Å². The van der Waals surface area contributed by atoms with E-state index in [0.717, 1.165) is 23.2 Å². The second-order valence-corrected chi connectivity index (χ2v) is 6.36. The summed E-state index contributed by atoms with van der Waals surface area (Å²) in [5.74, 6) is 0.479. The van der Waals surface area contributed by atoms with Crippen molar-refractivity contribution in [1.82, 2.24) is 10.6 Å². The van der Waals surface area contributed by atoms with E-state index in [-0.39, 0.29) is 11.9 Å². The van der Waals surface area contributed by atoms with Crippen LogP contribution >= 0.6 is 0 Å². The molecule has 0 unspecified atom stereocenters. The fraction of sp³-hybridized carbons (Fsp3) is 0.381. The molecule has 5 heteroatoms. The maximum Gasteiger partial charge on any atom is 0.191 e. The van der Waals surface area contributed by atoms with Gasteiger partial charge in [0.2, 0.25) is 0 Å². The smallest absolute Gasteiger partial charge is 0.191 e. The van der Waals surface area contributed by atoms with Crippen molar-refractivity contribution in [2.24, 2.45) is 4.99 Å². The molecule has 0 aliphatic heterocycles. The Morgan fingerprint density at radius 1 is 1.04 bits per heavy atom. The standard InChI is InChI=1S/C21H28FN3O/c1-4-23-21(25-14-18-8-6-10-20(22)12-18)24-13-17-7-5-9-19(11-17)15-26-16(2)3/h5-12,16H,4,13-15H2,1-3H3,(H2,23,24,25). The van der Waals surface area contributed by atoms with Crippen molar-refractivity contribution >= 4 is 5.96 Å². The molecular formula is C21H28FN3O. The number of rotatable bonds is 8. The highest BCUT2D eigenvalue weighted by atomic mass is 19.1. The molecule has 0 amide bonds. The van der Waals surface area contributed by atoms with Gasteiger partial charge in [0, 0.05) is 13.1 Å². The molecule has 26 heavy (non-hydrogen) atoms. The molecule has 4 nitrogen and oxygen atoms in total. The first kappa shape index (κ1) is 19.9. The lowest BCUT2D eigenvalue weighted by Crippen LogP contribution is -2.36. The van der Waals surface area contributed by atoms with Crippen molar-refractivity contribution in [2.45, 2.75) is 46.6 Å². The molecule has 2 rings (SSSR count). The van der Waals surface area contributed by atoms with Gasteiger partial charge >= 0.3 is 0 Å². The third-order valence-corrected chi connectivity index (χ3v) is 3.69. The third kappa shape index (κ3) is 7.23. The van der Waals surface area contributed by atoms with Crippen molar-refractivity contribution in [3.63, 3.8) is 0 Å². The molecule has 0 radical (unpaired) electrons. The van der Waals surface area contributed by atoms with E-state index in [9.17, 15) is 4.39 Å². The summed E-state index contributed by atoms with van der Waals surface area (Å²) in [6.07, 6.45) is 0.212. The first-order valence-corrected chi connectivity index (χ1v) is 9.03. The summed E-state index contributed by atoms with van der Waals surface area (Å²) in [7, 11) is 0. The molecule has 2 aromatic rings. The van der Waals surface area contributed by atoms with Gasteiger partial charge in [-0.15, -0.1) is 0 Å². The Morgan fingerprint density at radius 3 is 2.50 bits per heavy atom.